The fourth-order valence-corrected chi connectivity index (χ4v) is 1.63. The van der Waals surface area contributed by atoms with E-state index in [1.807, 2.05) is 0 Å². The zero-order valence-corrected chi connectivity index (χ0v) is 8.16. The van der Waals surface area contributed by atoms with Crippen LogP contribution in [0.1, 0.15) is 18.2 Å². The number of rotatable bonds is 3. The molecule has 2 aromatic heterocycles. The molecule has 0 radical (unpaired) electrons. The summed E-state index contributed by atoms with van der Waals surface area (Å²) >= 11 is 0. The Kier molecular flexibility index (Phi) is 1.82. The number of carboxylic acid groups (broad SMARTS) is 1. The summed E-state index contributed by atoms with van der Waals surface area (Å²) < 4.78 is 10.1. The van der Waals surface area contributed by atoms with Gasteiger partial charge < -0.3 is 14.0 Å². The van der Waals surface area contributed by atoms with Gasteiger partial charge in [0, 0.05) is 0 Å². The summed E-state index contributed by atoms with van der Waals surface area (Å²) in [5.74, 6) is -0.0984. The topological polar surface area (TPSA) is 89.4 Å². The Hall–Kier alpha value is -2.11. The fourth-order valence-electron chi connectivity index (χ4n) is 1.63. The second kappa shape index (κ2) is 3.19. The number of hydrogen-bond acceptors (Lipinski definition) is 5. The van der Waals surface area contributed by atoms with Crippen LogP contribution in [0.5, 0.6) is 0 Å². The molecule has 1 aliphatic rings. The van der Waals surface area contributed by atoms with E-state index in [4.69, 9.17) is 14.0 Å². The summed E-state index contributed by atoms with van der Waals surface area (Å²) in [5, 5.41) is 12.5. The monoisotopic (exact) mass is 220 g/mol. The highest BCUT2D eigenvalue weighted by Crippen LogP contribution is 2.47. The molecule has 2 unspecified atom stereocenters. The Morgan fingerprint density at radius 2 is 2.44 bits per heavy atom. The average molecular weight is 220 g/mol. The average Bonchev–Trinajstić information content (AvgIpc) is 2.72. The lowest BCUT2D eigenvalue weighted by atomic mass is 10.3. The number of hydrogen-bond donors (Lipinski definition) is 1. The second-order valence-corrected chi connectivity index (χ2v) is 3.72. The van der Waals surface area contributed by atoms with E-state index < -0.39 is 5.97 Å². The van der Waals surface area contributed by atoms with Crippen molar-refractivity contribution in [2.24, 2.45) is 5.92 Å². The molecule has 2 atom stereocenters. The van der Waals surface area contributed by atoms with Gasteiger partial charge in [0.1, 0.15) is 0 Å². The van der Waals surface area contributed by atoms with Crippen molar-refractivity contribution in [3.8, 4) is 11.6 Å². The number of carbonyl (C=O) groups is 1. The maximum absolute atomic E-state index is 10.7. The molecule has 3 rings (SSSR count). The van der Waals surface area contributed by atoms with Crippen molar-refractivity contribution >= 4 is 5.97 Å². The Bertz CT molecular complexity index is 517. The van der Waals surface area contributed by atoms with Crippen molar-refractivity contribution in [1.82, 2.24) is 10.1 Å². The van der Waals surface area contributed by atoms with Crippen molar-refractivity contribution in [2.45, 2.75) is 12.3 Å². The minimum Gasteiger partial charge on any atom is -0.481 e. The van der Waals surface area contributed by atoms with Gasteiger partial charge in [-0.1, -0.05) is 5.16 Å². The zero-order valence-electron chi connectivity index (χ0n) is 8.16. The molecule has 82 valence electrons. The van der Waals surface area contributed by atoms with Crippen LogP contribution in [-0.4, -0.2) is 21.2 Å². The summed E-state index contributed by atoms with van der Waals surface area (Å²) in [5.41, 5.74) is 0. The first-order valence-corrected chi connectivity index (χ1v) is 4.86. The van der Waals surface area contributed by atoms with Crippen LogP contribution in [0.25, 0.3) is 11.6 Å². The quantitative estimate of drug-likeness (QED) is 0.843. The molecule has 0 aromatic carbocycles. The summed E-state index contributed by atoms with van der Waals surface area (Å²) in [7, 11) is 0. The third-order valence-electron chi connectivity index (χ3n) is 2.61. The van der Waals surface area contributed by atoms with Crippen LogP contribution in [0.3, 0.4) is 0 Å². The second-order valence-electron chi connectivity index (χ2n) is 3.72. The molecule has 0 amide bonds. The summed E-state index contributed by atoms with van der Waals surface area (Å²) in [6, 6.07) is 3.44. The number of carboxylic acids is 1. The molecule has 1 saturated carbocycles. The Morgan fingerprint density at radius 3 is 3.06 bits per heavy atom. The van der Waals surface area contributed by atoms with Crippen LogP contribution < -0.4 is 0 Å². The van der Waals surface area contributed by atoms with Gasteiger partial charge in [0.2, 0.25) is 11.7 Å². The molecule has 0 saturated heterocycles. The molecule has 0 aliphatic heterocycles. The third-order valence-corrected chi connectivity index (χ3v) is 2.61. The molecular formula is C10H8N2O4. The van der Waals surface area contributed by atoms with Crippen LogP contribution in [0.2, 0.25) is 0 Å². The lowest BCUT2D eigenvalue weighted by Gasteiger charge is -1.86. The van der Waals surface area contributed by atoms with Crippen LogP contribution >= 0.6 is 0 Å². The number of nitrogens with zero attached hydrogens (tertiary/aromatic N) is 2. The summed E-state index contributed by atoms with van der Waals surface area (Å²) in [4.78, 5) is 14.8. The van der Waals surface area contributed by atoms with Gasteiger partial charge in [-0.05, 0) is 18.6 Å². The predicted octanol–water partition coefficient (Wildman–Crippen LogP) is 1.52. The lowest BCUT2D eigenvalue weighted by molar-refractivity contribution is -0.138. The van der Waals surface area contributed by atoms with E-state index in [0.29, 0.717) is 23.9 Å². The standard InChI is InChI=1S/C10H8N2O4/c13-10(14)6-4-5(6)9-11-8(12-16-9)7-2-1-3-15-7/h1-3,5-6H,4H2,(H,13,14). The lowest BCUT2D eigenvalue weighted by Crippen LogP contribution is -1.98. The SMILES string of the molecule is O=C(O)C1CC1c1nc(-c2ccco2)no1. The molecule has 1 fully saturated rings. The van der Waals surface area contributed by atoms with Gasteiger partial charge in [-0.25, -0.2) is 0 Å². The largest absolute Gasteiger partial charge is 0.481 e. The molecule has 2 aromatic rings. The normalized spacial score (nSPS) is 23.2. The van der Waals surface area contributed by atoms with Crippen molar-refractivity contribution in [3.63, 3.8) is 0 Å². The first kappa shape index (κ1) is 9.14. The van der Waals surface area contributed by atoms with Gasteiger partial charge in [-0.2, -0.15) is 4.98 Å². The van der Waals surface area contributed by atoms with E-state index in [9.17, 15) is 4.79 Å². The van der Waals surface area contributed by atoms with E-state index >= 15 is 0 Å². The molecule has 1 N–H and O–H groups in total. The molecule has 6 nitrogen and oxygen atoms in total. The zero-order chi connectivity index (χ0) is 11.1. The van der Waals surface area contributed by atoms with E-state index in [-0.39, 0.29) is 11.8 Å². The number of furan rings is 1. The Labute approximate surface area is 89.9 Å². The van der Waals surface area contributed by atoms with Crippen molar-refractivity contribution in [3.05, 3.63) is 24.3 Å². The van der Waals surface area contributed by atoms with Gasteiger partial charge in [0.25, 0.3) is 0 Å². The van der Waals surface area contributed by atoms with Crippen LogP contribution in [0, 0.1) is 5.92 Å². The molecule has 2 heterocycles. The van der Waals surface area contributed by atoms with Crippen molar-refractivity contribution in [1.29, 1.82) is 0 Å². The Morgan fingerprint density at radius 1 is 1.56 bits per heavy atom. The molecular weight excluding hydrogens is 212 g/mol. The van der Waals surface area contributed by atoms with E-state index in [1.54, 1.807) is 12.1 Å². The maximum atomic E-state index is 10.7. The van der Waals surface area contributed by atoms with Gasteiger partial charge in [-0.15, -0.1) is 0 Å². The fraction of sp³-hybridized carbons (Fsp3) is 0.300. The smallest absolute Gasteiger partial charge is 0.307 e. The van der Waals surface area contributed by atoms with Gasteiger partial charge in [-0.3, -0.25) is 4.79 Å². The van der Waals surface area contributed by atoms with Crippen LogP contribution in [0.4, 0.5) is 0 Å². The highest BCUT2D eigenvalue weighted by atomic mass is 16.5. The van der Waals surface area contributed by atoms with Crippen molar-refractivity contribution < 1.29 is 18.8 Å². The summed E-state index contributed by atoms with van der Waals surface area (Å²) in [6.07, 6.45) is 2.08. The number of aliphatic carboxylic acids is 1. The minimum atomic E-state index is -0.817. The molecule has 1 aliphatic carbocycles. The van der Waals surface area contributed by atoms with Crippen LogP contribution in [-0.2, 0) is 4.79 Å². The van der Waals surface area contributed by atoms with Gasteiger partial charge in [0.15, 0.2) is 5.76 Å². The highest BCUT2D eigenvalue weighted by molar-refractivity contribution is 5.74. The predicted molar refractivity (Wildman–Crippen MR) is 50.5 cm³/mol. The number of aromatic nitrogens is 2. The van der Waals surface area contributed by atoms with E-state index in [0.717, 1.165) is 0 Å². The summed E-state index contributed by atoms with van der Waals surface area (Å²) in [6.45, 7) is 0. The first-order valence-electron chi connectivity index (χ1n) is 4.86. The van der Waals surface area contributed by atoms with Gasteiger partial charge >= 0.3 is 5.97 Å². The van der Waals surface area contributed by atoms with Gasteiger partial charge in [0.05, 0.1) is 18.1 Å². The highest BCUT2D eigenvalue weighted by Gasteiger charge is 2.48. The first-order chi connectivity index (χ1) is 7.75. The van der Waals surface area contributed by atoms with E-state index in [2.05, 4.69) is 10.1 Å². The molecule has 16 heavy (non-hydrogen) atoms. The molecule has 0 bridgehead atoms. The third kappa shape index (κ3) is 1.39. The molecule has 6 heteroatoms. The minimum absolute atomic E-state index is 0.145. The van der Waals surface area contributed by atoms with E-state index in [1.165, 1.54) is 6.26 Å². The Balaban J connectivity index is 1.82. The molecule has 0 spiro atoms. The van der Waals surface area contributed by atoms with Crippen LogP contribution in [0.15, 0.2) is 27.3 Å². The van der Waals surface area contributed by atoms with Crippen molar-refractivity contribution in [2.75, 3.05) is 0 Å². The maximum Gasteiger partial charge on any atom is 0.307 e.